The average Bonchev–Trinajstić information content (AvgIpc) is 2.92. The molecule has 0 aliphatic carbocycles. The molecule has 0 fully saturated rings. The maximum Gasteiger partial charge on any atom is 0.490 e. The summed E-state index contributed by atoms with van der Waals surface area (Å²) in [7, 11) is 0. The van der Waals surface area contributed by atoms with Crippen LogP contribution >= 0.6 is 23.2 Å². The molecule has 41 heavy (non-hydrogen) atoms. The van der Waals surface area contributed by atoms with Gasteiger partial charge in [-0.3, -0.25) is 0 Å². The zero-order valence-electron chi connectivity index (χ0n) is 20.9. The van der Waals surface area contributed by atoms with Crippen molar-refractivity contribution in [3.63, 3.8) is 0 Å². The van der Waals surface area contributed by atoms with Crippen molar-refractivity contribution >= 4 is 69.7 Å². The second kappa shape index (κ2) is 12.7. The molecule has 0 spiro atoms. The summed E-state index contributed by atoms with van der Waals surface area (Å²) < 4.78 is 31.7. The maximum absolute atomic E-state index is 12.7. The third kappa shape index (κ3) is 8.47. The van der Waals surface area contributed by atoms with Gasteiger partial charge >= 0.3 is 18.2 Å². The minimum Gasteiger partial charge on any atom is -0.475 e. The largest absolute Gasteiger partial charge is 0.490 e. The van der Waals surface area contributed by atoms with E-state index in [0.717, 1.165) is 34.6 Å². The summed E-state index contributed by atoms with van der Waals surface area (Å²) in [6.07, 6.45) is -2.03. The summed E-state index contributed by atoms with van der Waals surface area (Å²) in [6.45, 7) is 0. The Morgan fingerprint density at radius 3 is 2.32 bits per heavy atom. The maximum atomic E-state index is 12.7. The first-order chi connectivity index (χ1) is 19.5. The Morgan fingerprint density at radius 1 is 0.902 bits per heavy atom. The third-order valence-electron chi connectivity index (χ3n) is 5.57. The van der Waals surface area contributed by atoms with Crippen molar-refractivity contribution in [3.8, 4) is 0 Å². The van der Waals surface area contributed by atoms with Crippen LogP contribution in [0.3, 0.4) is 0 Å². The third-order valence-corrected chi connectivity index (χ3v) is 6.10. The lowest BCUT2D eigenvalue weighted by Crippen LogP contribution is -2.21. The topological polar surface area (TPSA) is 128 Å². The van der Waals surface area contributed by atoms with Gasteiger partial charge in [0.15, 0.2) is 5.82 Å². The Kier molecular flexibility index (Phi) is 9.15. The van der Waals surface area contributed by atoms with Gasteiger partial charge in [-0.1, -0.05) is 35.3 Å². The molecule has 0 saturated carbocycles. The number of carbonyl (C=O) groups is 2. The van der Waals surface area contributed by atoms with Gasteiger partial charge in [0.25, 0.3) is 0 Å². The number of carboxylic acid groups (broad SMARTS) is 1. The molecule has 2 amide bonds. The number of hydrogen-bond donors (Lipinski definition) is 5. The van der Waals surface area contributed by atoms with E-state index in [4.69, 9.17) is 33.1 Å². The molecule has 3 aromatic carbocycles. The highest BCUT2D eigenvalue weighted by Gasteiger charge is 2.38. The minimum absolute atomic E-state index is 0.336. The van der Waals surface area contributed by atoms with E-state index in [-0.39, 0.29) is 6.03 Å². The number of benzene rings is 3. The lowest BCUT2D eigenvalue weighted by molar-refractivity contribution is -0.192. The average molecular weight is 605 g/mol. The molecule has 4 aromatic rings. The van der Waals surface area contributed by atoms with E-state index < -0.39 is 12.1 Å². The minimum atomic E-state index is -5.08. The number of aryl methyl sites for hydroxylation is 2. The molecular weight excluding hydrogens is 584 g/mol. The highest BCUT2D eigenvalue weighted by Crippen LogP contribution is 2.29. The molecule has 6 bridgehead atoms. The van der Waals surface area contributed by atoms with E-state index in [1.54, 1.807) is 30.5 Å². The first-order valence-electron chi connectivity index (χ1n) is 11.9. The standard InChI is InChI=1S/C25H20Cl2N6O.C2HF3O2/c26-17-6-8-18(9-7-17)31-25(34)32-22-11-10-20-13-16(22)5-4-15-2-1-3-19(12-15)30-24-28-14-21(27)23(29-20)33-24;3-2(4,5)1(6)7/h1-3,6-14H,4-5H2,(H2,31,32,34)(H2,28,29,30,33);(H,6,7). The molecule has 0 atom stereocenters. The predicted molar refractivity (Wildman–Crippen MR) is 152 cm³/mol. The number of aliphatic carboxylic acids is 1. The molecule has 5 rings (SSSR count). The Bertz CT molecular complexity index is 1570. The molecule has 1 aliphatic rings. The Balaban J connectivity index is 0.000000493. The van der Waals surface area contributed by atoms with E-state index in [2.05, 4.69) is 43.4 Å². The second-order valence-corrected chi connectivity index (χ2v) is 9.45. The van der Waals surface area contributed by atoms with E-state index >= 15 is 0 Å². The van der Waals surface area contributed by atoms with Gasteiger partial charge < -0.3 is 26.4 Å². The fourth-order valence-corrected chi connectivity index (χ4v) is 3.95. The van der Waals surface area contributed by atoms with E-state index in [1.165, 1.54) is 0 Å². The van der Waals surface area contributed by atoms with Gasteiger partial charge in [0, 0.05) is 27.8 Å². The van der Waals surface area contributed by atoms with E-state index in [9.17, 15) is 18.0 Å². The number of amides is 2. The molecule has 212 valence electrons. The summed E-state index contributed by atoms with van der Waals surface area (Å²) in [6, 6.07) is 20.4. The van der Waals surface area contributed by atoms with Crippen molar-refractivity contribution in [2.75, 3.05) is 21.3 Å². The van der Waals surface area contributed by atoms with Crippen LogP contribution in [-0.2, 0) is 17.6 Å². The summed E-state index contributed by atoms with van der Waals surface area (Å²) >= 11 is 12.3. The quantitative estimate of drug-likeness (QED) is 0.159. The smallest absolute Gasteiger partial charge is 0.475 e. The van der Waals surface area contributed by atoms with Crippen LogP contribution in [-0.4, -0.2) is 33.3 Å². The van der Waals surface area contributed by atoms with Crippen LogP contribution in [0.25, 0.3) is 0 Å². The van der Waals surface area contributed by atoms with Crippen molar-refractivity contribution in [2.24, 2.45) is 0 Å². The molecule has 0 saturated heterocycles. The van der Waals surface area contributed by atoms with Crippen LogP contribution in [0.5, 0.6) is 0 Å². The van der Waals surface area contributed by atoms with E-state index in [1.807, 2.05) is 30.3 Å². The number of alkyl halides is 3. The first-order valence-corrected chi connectivity index (χ1v) is 12.6. The summed E-state index contributed by atoms with van der Waals surface area (Å²) in [5.74, 6) is -1.82. The van der Waals surface area contributed by atoms with Crippen molar-refractivity contribution in [1.82, 2.24) is 9.97 Å². The number of aromatic nitrogens is 2. The normalized spacial score (nSPS) is 12.0. The lowest BCUT2D eigenvalue weighted by atomic mass is 10.0. The van der Waals surface area contributed by atoms with Crippen molar-refractivity contribution in [1.29, 1.82) is 0 Å². The van der Waals surface area contributed by atoms with Gasteiger partial charge in [0.2, 0.25) is 5.95 Å². The number of halogens is 5. The van der Waals surface area contributed by atoms with Crippen LogP contribution in [0.1, 0.15) is 11.1 Å². The number of nitrogens with zero attached hydrogens (tertiary/aromatic N) is 2. The van der Waals surface area contributed by atoms with Gasteiger partial charge in [0.1, 0.15) is 5.02 Å². The van der Waals surface area contributed by atoms with Gasteiger partial charge in [-0.2, -0.15) is 18.2 Å². The van der Waals surface area contributed by atoms with Gasteiger partial charge in [-0.05, 0) is 78.6 Å². The monoisotopic (exact) mass is 604 g/mol. The van der Waals surface area contributed by atoms with E-state index in [0.29, 0.717) is 33.9 Å². The Labute approximate surface area is 241 Å². The SMILES string of the molecule is O=C(Nc1ccc(Cl)cc1)Nc1ccc2cc1CCc1cccc(c1)Nc1ncc(Cl)c(n1)N2.O=C(O)C(F)(F)F. The van der Waals surface area contributed by atoms with Crippen LogP contribution in [0.15, 0.2) is 72.9 Å². The lowest BCUT2D eigenvalue weighted by Gasteiger charge is -2.15. The number of nitrogens with one attached hydrogen (secondary N) is 4. The summed E-state index contributed by atoms with van der Waals surface area (Å²) in [5.41, 5.74) is 5.18. The van der Waals surface area contributed by atoms with Gasteiger partial charge in [0.05, 0.1) is 6.20 Å². The number of carbonyl (C=O) groups excluding carboxylic acids is 1. The molecule has 9 nitrogen and oxygen atoms in total. The van der Waals surface area contributed by atoms with Crippen LogP contribution in [0, 0.1) is 0 Å². The number of urea groups is 1. The van der Waals surface area contributed by atoms with Crippen LogP contribution in [0.4, 0.5) is 52.5 Å². The van der Waals surface area contributed by atoms with Gasteiger partial charge in [-0.25, -0.2) is 14.6 Å². The highest BCUT2D eigenvalue weighted by molar-refractivity contribution is 6.33. The number of carboxylic acids is 1. The summed E-state index contributed by atoms with van der Waals surface area (Å²) in [4.78, 5) is 30.3. The molecule has 0 unspecified atom stereocenters. The molecule has 0 radical (unpaired) electrons. The molecule has 1 aromatic heterocycles. The second-order valence-electron chi connectivity index (χ2n) is 8.60. The number of fused-ring (bicyclic) bond motifs is 6. The predicted octanol–water partition coefficient (Wildman–Crippen LogP) is 7.65. The van der Waals surface area contributed by atoms with Crippen molar-refractivity contribution in [2.45, 2.75) is 19.0 Å². The molecular formula is C27H21Cl2F3N6O3. The van der Waals surface area contributed by atoms with Crippen molar-refractivity contribution < 1.29 is 27.9 Å². The highest BCUT2D eigenvalue weighted by atomic mass is 35.5. The number of rotatable bonds is 2. The van der Waals surface area contributed by atoms with Gasteiger partial charge in [-0.15, -0.1) is 0 Å². The Morgan fingerprint density at radius 2 is 1.61 bits per heavy atom. The zero-order valence-corrected chi connectivity index (χ0v) is 22.4. The van der Waals surface area contributed by atoms with Crippen LogP contribution < -0.4 is 21.3 Å². The zero-order chi connectivity index (χ0) is 29.6. The number of hydrogen-bond acceptors (Lipinski definition) is 6. The molecule has 5 N–H and O–H groups in total. The van der Waals surface area contributed by atoms with Crippen LogP contribution in [0.2, 0.25) is 10.0 Å². The number of anilines is 6. The summed E-state index contributed by atoms with van der Waals surface area (Å²) in [5, 5.41) is 20.4. The fraction of sp³-hybridized carbons (Fsp3) is 0.111. The molecule has 1 aliphatic heterocycles. The molecule has 2 heterocycles. The first kappa shape index (κ1) is 29.4. The fourth-order valence-electron chi connectivity index (χ4n) is 3.68. The molecule has 14 heteroatoms. The Hall–Kier alpha value is -4.55. The van der Waals surface area contributed by atoms with Crippen molar-refractivity contribution in [3.05, 3.63) is 94.1 Å².